The summed E-state index contributed by atoms with van der Waals surface area (Å²) in [6.07, 6.45) is 0. The van der Waals surface area contributed by atoms with Crippen LogP contribution in [-0.2, 0) is 0 Å². The Kier molecular flexibility index (Phi) is 5.27. The number of halogens is 1. The summed E-state index contributed by atoms with van der Waals surface area (Å²) in [5.41, 5.74) is 3.76. The van der Waals surface area contributed by atoms with E-state index in [1.807, 2.05) is 30.3 Å². The van der Waals surface area contributed by atoms with Gasteiger partial charge in [0.2, 0.25) is 0 Å². The Morgan fingerprint density at radius 3 is 2.55 bits per heavy atom. The molecule has 0 bridgehead atoms. The van der Waals surface area contributed by atoms with Crippen molar-refractivity contribution in [3.05, 3.63) is 83.1 Å². The van der Waals surface area contributed by atoms with Gasteiger partial charge in [-0.1, -0.05) is 22.0 Å². The normalized spacial score (nSPS) is 11.0. The van der Waals surface area contributed by atoms with E-state index in [-0.39, 0.29) is 11.6 Å². The lowest BCUT2D eigenvalue weighted by atomic mass is 10.1. The van der Waals surface area contributed by atoms with E-state index < -0.39 is 0 Å². The fourth-order valence-electron chi connectivity index (χ4n) is 3.52. The molecule has 0 aliphatic rings. The molecule has 2 aromatic heterocycles. The molecule has 0 aliphatic carbocycles. The maximum absolute atomic E-state index is 12.8. The van der Waals surface area contributed by atoms with Crippen molar-refractivity contribution in [3.63, 3.8) is 0 Å². The van der Waals surface area contributed by atoms with Gasteiger partial charge in [0.25, 0.3) is 5.91 Å². The van der Waals surface area contributed by atoms with Crippen LogP contribution in [0.2, 0.25) is 5.02 Å². The number of methoxy groups -OCH3 is 1. The maximum atomic E-state index is 12.8. The summed E-state index contributed by atoms with van der Waals surface area (Å²) >= 11 is 6.00. The fraction of sp³-hybridized carbons (Fsp3) is 0.0833. The minimum absolute atomic E-state index is 0.231. The van der Waals surface area contributed by atoms with Gasteiger partial charge < -0.3 is 14.6 Å². The standard InChI is InChI=1S/C24H18ClN5O3/c1-14-22(24(31)26-17-7-10-19(32-2)11-8-17)27-29-30(14)18-9-12-21-20(13-18)23(33-28-21)15-3-5-16(25)6-4-15/h3-13H,1-2H3,(H,26,31). The van der Waals surface area contributed by atoms with Gasteiger partial charge in [0, 0.05) is 16.3 Å². The van der Waals surface area contributed by atoms with Crippen LogP contribution in [-0.4, -0.2) is 33.2 Å². The molecule has 1 amide bonds. The maximum Gasteiger partial charge on any atom is 0.278 e. The van der Waals surface area contributed by atoms with Crippen LogP contribution in [0.5, 0.6) is 5.75 Å². The lowest BCUT2D eigenvalue weighted by Crippen LogP contribution is -2.14. The van der Waals surface area contributed by atoms with Crippen LogP contribution in [0.25, 0.3) is 27.9 Å². The monoisotopic (exact) mass is 459 g/mol. The Bertz CT molecular complexity index is 1460. The first-order chi connectivity index (χ1) is 16.0. The Hall–Kier alpha value is -4.17. The topological polar surface area (TPSA) is 95.1 Å². The largest absolute Gasteiger partial charge is 0.497 e. The summed E-state index contributed by atoms with van der Waals surface area (Å²) in [4.78, 5) is 12.8. The van der Waals surface area contributed by atoms with Crippen molar-refractivity contribution in [3.8, 4) is 22.8 Å². The van der Waals surface area contributed by atoms with Gasteiger partial charge in [-0.05, 0) is 73.7 Å². The zero-order valence-corrected chi connectivity index (χ0v) is 18.5. The molecule has 5 rings (SSSR count). The number of nitrogens with zero attached hydrogens (tertiary/aromatic N) is 4. The number of benzene rings is 3. The molecular formula is C24H18ClN5O3. The molecule has 0 saturated carbocycles. The van der Waals surface area contributed by atoms with Gasteiger partial charge in [-0.2, -0.15) is 0 Å². The fourth-order valence-corrected chi connectivity index (χ4v) is 3.65. The zero-order valence-electron chi connectivity index (χ0n) is 17.7. The predicted molar refractivity (Wildman–Crippen MR) is 125 cm³/mol. The summed E-state index contributed by atoms with van der Waals surface area (Å²) in [6, 6.07) is 20.0. The van der Waals surface area contributed by atoms with Gasteiger partial charge in [-0.15, -0.1) is 5.10 Å². The number of fused-ring (bicyclic) bond motifs is 1. The second kappa shape index (κ2) is 8.40. The lowest BCUT2D eigenvalue weighted by Gasteiger charge is -2.06. The molecular weight excluding hydrogens is 442 g/mol. The van der Waals surface area contributed by atoms with E-state index in [1.54, 1.807) is 55.1 Å². The predicted octanol–water partition coefficient (Wildman–Crippen LogP) is 5.30. The van der Waals surface area contributed by atoms with E-state index in [1.165, 1.54) is 0 Å². The van der Waals surface area contributed by atoms with Crippen molar-refractivity contribution in [1.82, 2.24) is 20.2 Å². The number of anilines is 1. The number of rotatable bonds is 5. The molecule has 8 nitrogen and oxygen atoms in total. The van der Waals surface area contributed by atoms with Crippen LogP contribution in [0.15, 0.2) is 71.3 Å². The van der Waals surface area contributed by atoms with Crippen LogP contribution in [0.1, 0.15) is 16.2 Å². The van der Waals surface area contributed by atoms with Gasteiger partial charge in [0.15, 0.2) is 11.5 Å². The van der Waals surface area contributed by atoms with Gasteiger partial charge in [0.05, 0.1) is 23.9 Å². The Balaban J connectivity index is 1.46. The first-order valence-electron chi connectivity index (χ1n) is 10.1. The molecule has 0 fully saturated rings. The van der Waals surface area contributed by atoms with Crippen molar-refractivity contribution in [1.29, 1.82) is 0 Å². The van der Waals surface area contributed by atoms with Crippen LogP contribution in [0.3, 0.4) is 0 Å². The number of hydrogen-bond acceptors (Lipinski definition) is 6. The van der Waals surface area contributed by atoms with Gasteiger partial charge in [0.1, 0.15) is 11.3 Å². The van der Waals surface area contributed by atoms with E-state index >= 15 is 0 Å². The van der Waals surface area contributed by atoms with E-state index in [9.17, 15) is 4.79 Å². The number of nitrogens with one attached hydrogen (secondary N) is 1. The first-order valence-corrected chi connectivity index (χ1v) is 10.4. The van der Waals surface area contributed by atoms with Crippen LogP contribution >= 0.6 is 11.6 Å². The summed E-state index contributed by atoms with van der Waals surface area (Å²) in [6.45, 7) is 1.79. The number of amides is 1. The molecule has 33 heavy (non-hydrogen) atoms. The summed E-state index contributed by atoms with van der Waals surface area (Å²) < 4.78 is 12.3. The van der Waals surface area contributed by atoms with E-state index in [0.29, 0.717) is 33.4 Å². The van der Waals surface area contributed by atoms with Gasteiger partial charge >= 0.3 is 0 Å². The Labute approximate surface area is 193 Å². The van der Waals surface area contributed by atoms with Crippen LogP contribution in [0, 0.1) is 6.92 Å². The Morgan fingerprint density at radius 2 is 1.82 bits per heavy atom. The van der Waals surface area contributed by atoms with Crippen molar-refractivity contribution in [2.45, 2.75) is 6.92 Å². The minimum Gasteiger partial charge on any atom is -0.497 e. The Morgan fingerprint density at radius 1 is 1.06 bits per heavy atom. The molecule has 1 N–H and O–H groups in total. The third-order valence-corrected chi connectivity index (χ3v) is 5.52. The molecule has 2 heterocycles. The highest BCUT2D eigenvalue weighted by molar-refractivity contribution is 6.30. The highest BCUT2D eigenvalue weighted by atomic mass is 35.5. The molecule has 164 valence electrons. The van der Waals surface area contributed by atoms with Crippen LogP contribution in [0.4, 0.5) is 5.69 Å². The second-order valence-corrected chi connectivity index (χ2v) is 7.77. The molecule has 0 spiro atoms. The molecule has 0 unspecified atom stereocenters. The average molecular weight is 460 g/mol. The van der Waals surface area contributed by atoms with Crippen molar-refractivity contribution in [2.24, 2.45) is 0 Å². The van der Waals surface area contributed by atoms with E-state index in [0.717, 1.165) is 16.6 Å². The van der Waals surface area contributed by atoms with Crippen molar-refractivity contribution < 1.29 is 14.1 Å². The number of ether oxygens (including phenoxy) is 1. The number of aromatic nitrogens is 4. The minimum atomic E-state index is -0.350. The molecule has 3 aromatic carbocycles. The van der Waals surface area contributed by atoms with E-state index in [4.69, 9.17) is 20.9 Å². The number of hydrogen-bond donors (Lipinski definition) is 1. The zero-order chi connectivity index (χ0) is 22.9. The molecule has 0 atom stereocenters. The third-order valence-electron chi connectivity index (χ3n) is 5.27. The van der Waals surface area contributed by atoms with E-state index in [2.05, 4.69) is 20.8 Å². The average Bonchev–Trinajstić information content (AvgIpc) is 3.43. The number of carbonyl (C=O) groups excluding carboxylic acids is 1. The third kappa shape index (κ3) is 3.92. The summed E-state index contributed by atoms with van der Waals surface area (Å²) in [5.74, 6) is 0.979. The quantitative estimate of drug-likeness (QED) is 0.383. The first kappa shape index (κ1) is 20.7. The SMILES string of the molecule is COc1ccc(NC(=O)c2nnn(-c3ccc4noc(-c5ccc(Cl)cc5)c4c3)c2C)cc1. The number of carbonyl (C=O) groups is 1. The highest BCUT2D eigenvalue weighted by Crippen LogP contribution is 2.31. The second-order valence-electron chi connectivity index (χ2n) is 7.34. The summed E-state index contributed by atoms with van der Waals surface area (Å²) in [7, 11) is 1.59. The molecule has 9 heteroatoms. The van der Waals surface area contributed by atoms with Gasteiger partial charge in [-0.3, -0.25) is 4.79 Å². The lowest BCUT2D eigenvalue weighted by molar-refractivity contribution is 0.102. The molecule has 0 aliphatic heterocycles. The van der Waals surface area contributed by atoms with Gasteiger partial charge in [-0.25, -0.2) is 4.68 Å². The smallest absolute Gasteiger partial charge is 0.278 e. The van der Waals surface area contributed by atoms with Crippen LogP contribution < -0.4 is 10.1 Å². The van der Waals surface area contributed by atoms with Crippen molar-refractivity contribution >= 4 is 34.1 Å². The highest BCUT2D eigenvalue weighted by Gasteiger charge is 2.19. The molecule has 5 aromatic rings. The summed E-state index contributed by atoms with van der Waals surface area (Å²) in [5, 5.41) is 16.7. The molecule has 0 radical (unpaired) electrons. The molecule has 0 saturated heterocycles. The van der Waals surface area contributed by atoms with Crippen molar-refractivity contribution in [2.75, 3.05) is 12.4 Å².